The topological polar surface area (TPSA) is 54.5 Å². The van der Waals surface area contributed by atoms with Crippen molar-refractivity contribution >= 4 is 35.0 Å². The van der Waals surface area contributed by atoms with E-state index in [4.69, 9.17) is 23.2 Å². The average Bonchev–Trinajstić information content (AvgIpc) is 2.96. The summed E-state index contributed by atoms with van der Waals surface area (Å²) in [4.78, 5) is 8.67. The predicted molar refractivity (Wildman–Crippen MR) is 86.9 cm³/mol. The maximum absolute atomic E-state index is 6.27. The SMILES string of the molecule is CSc1nccc(-c2cn[nH]c2-c2ccc(Cl)cc2Cl)n1. The van der Waals surface area contributed by atoms with Crippen LogP contribution >= 0.6 is 35.0 Å². The fraction of sp³-hybridized carbons (Fsp3) is 0.0714. The second-order valence-corrected chi connectivity index (χ2v) is 5.83. The molecule has 1 N–H and O–H groups in total. The number of aromatic nitrogens is 4. The van der Waals surface area contributed by atoms with Gasteiger partial charge in [-0.2, -0.15) is 5.10 Å². The van der Waals surface area contributed by atoms with E-state index in [-0.39, 0.29) is 0 Å². The summed E-state index contributed by atoms with van der Waals surface area (Å²) in [7, 11) is 0. The van der Waals surface area contributed by atoms with Crippen LogP contribution < -0.4 is 0 Å². The van der Waals surface area contributed by atoms with Crippen LogP contribution in [0.25, 0.3) is 22.5 Å². The van der Waals surface area contributed by atoms with Gasteiger partial charge in [-0.05, 0) is 30.5 Å². The van der Waals surface area contributed by atoms with Crippen molar-refractivity contribution in [3.63, 3.8) is 0 Å². The van der Waals surface area contributed by atoms with Crippen molar-refractivity contribution in [2.45, 2.75) is 5.16 Å². The van der Waals surface area contributed by atoms with Gasteiger partial charge in [0.15, 0.2) is 5.16 Å². The molecule has 3 aromatic rings. The largest absolute Gasteiger partial charge is 0.277 e. The molecule has 0 saturated carbocycles. The molecule has 0 aliphatic rings. The number of thioether (sulfide) groups is 1. The second kappa shape index (κ2) is 6.05. The van der Waals surface area contributed by atoms with Gasteiger partial charge >= 0.3 is 0 Å². The van der Waals surface area contributed by atoms with E-state index in [0.29, 0.717) is 15.2 Å². The van der Waals surface area contributed by atoms with Gasteiger partial charge in [0.1, 0.15) is 0 Å². The normalized spacial score (nSPS) is 10.8. The fourth-order valence-corrected chi connectivity index (χ4v) is 2.83. The summed E-state index contributed by atoms with van der Waals surface area (Å²) < 4.78 is 0. The third-order valence-electron chi connectivity index (χ3n) is 2.93. The average molecular weight is 337 g/mol. The molecular formula is C14H10Cl2N4S. The number of rotatable bonds is 3. The molecule has 21 heavy (non-hydrogen) atoms. The molecule has 0 fully saturated rings. The van der Waals surface area contributed by atoms with Crippen LogP contribution in [0, 0.1) is 0 Å². The van der Waals surface area contributed by atoms with Crippen molar-refractivity contribution < 1.29 is 0 Å². The van der Waals surface area contributed by atoms with Gasteiger partial charge in [0.05, 0.1) is 22.6 Å². The quantitative estimate of drug-likeness (QED) is 0.562. The molecule has 7 heteroatoms. The first kappa shape index (κ1) is 14.4. The van der Waals surface area contributed by atoms with E-state index in [1.54, 1.807) is 24.5 Å². The van der Waals surface area contributed by atoms with Gasteiger partial charge in [0.2, 0.25) is 0 Å². The summed E-state index contributed by atoms with van der Waals surface area (Å²) in [5, 5.41) is 8.95. The molecule has 0 spiro atoms. The second-order valence-electron chi connectivity index (χ2n) is 4.21. The third kappa shape index (κ3) is 2.90. The highest BCUT2D eigenvalue weighted by Gasteiger charge is 2.14. The lowest BCUT2D eigenvalue weighted by atomic mass is 10.1. The van der Waals surface area contributed by atoms with E-state index in [9.17, 15) is 0 Å². The number of halogens is 2. The predicted octanol–water partition coefficient (Wildman–Crippen LogP) is 4.56. The molecular weight excluding hydrogens is 327 g/mol. The molecule has 0 unspecified atom stereocenters. The Bertz CT molecular complexity index is 788. The molecule has 4 nitrogen and oxygen atoms in total. The Hall–Kier alpha value is -1.56. The zero-order valence-electron chi connectivity index (χ0n) is 11.0. The van der Waals surface area contributed by atoms with Gasteiger partial charge in [-0.3, -0.25) is 5.10 Å². The van der Waals surface area contributed by atoms with Crippen molar-refractivity contribution in [3.8, 4) is 22.5 Å². The van der Waals surface area contributed by atoms with Gasteiger partial charge in [0, 0.05) is 22.3 Å². The van der Waals surface area contributed by atoms with Crippen molar-refractivity contribution in [1.29, 1.82) is 0 Å². The Kier molecular flexibility index (Phi) is 4.14. The number of aromatic amines is 1. The minimum absolute atomic E-state index is 0.562. The van der Waals surface area contributed by atoms with Crippen LogP contribution in [0.15, 0.2) is 41.8 Å². The number of nitrogens with one attached hydrogen (secondary N) is 1. The minimum atomic E-state index is 0.562. The molecule has 0 aliphatic heterocycles. The lowest BCUT2D eigenvalue weighted by Crippen LogP contribution is -1.90. The first-order valence-electron chi connectivity index (χ1n) is 6.05. The van der Waals surface area contributed by atoms with Crippen molar-refractivity contribution in [3.05, 3.63) is 46.7 Å². The fourth-order valence-electron chi connectivity index (χ4n) is 1.97. The number of hydrogen-bond acceptors (Lipinski definition) is 4. The number of hydrogen-bond donors (Lipinski definition) is 1. The maximum atomic E-state index is 6.27. The zero-order chi connectivity index (χ0) is 14.8. The van der Waals surface area contributed by atoms with Crippen LogP contribution in [-0.2, 0) is 0 Å². The highest BCUT2D eigenvalue weighted by atomic mass is 35.5. The van der Waals surface area contributed by atoms with Gasteiger partial charge < -0.3 is 0 Å². The number of H-pyrrole nitrogens is 1. The van der Waals surface area contributed by atoms with E-state index >= 15 is 0 Å². The van der Waals surface area contributed by atoms with Crippen LogP contribution in [0.4, 0.5) is 0 Å². The van der Waals surface area contributed by atoms with Crippen molar-refractivity contribution in [2.24, 2.45) is 0 Å². The summed E-state index contributed by atoms with van der Waals surface area (Å²) in [5.74, 6) is 0. The van der Waals surface area contributed by atoms with E-state index in [0.717, 1.165) is 22.5 Å². The molecule has 106 valence electrons. The maximum Gasteiger partial charge on any atom is 0.187 e. The molecule has 0 saturated heterocycles. The lowest BCUT2D eigenvalue weighted by molar-refractivity contribution is 0.976. The summed E-state index contributed by atoms with van der Waals surface area (Å²) in [5.41, 5.74) is 3.31. The summed E-state index contributed by atoms with van der Waals surface area (Å²) in [6.45, 7) is 0. The lowest BCUT2D eigenvalue weighted by Gasteiger charge is -2.06. The van der Waals surface area contributed by atoms with E-state index < -0.39 is 0 Å². The summed E-state index contributed by atoms with van der Waals surface area (Å²) in [6.07, 6.45) is 5.40. The van der Waals surface area contributed by atoms with Crippen molar-refractivity contribution in [1.82, 2.24) is 20.2 Å². The highest BCUT2D eigenvalue weighted by molar-refractivity contribution is 7.98. The van der Waals surface area contributed by atoms with Gasteiger partial charge in [0.25, 0.3) is 0 Å². The van der Waals surface area contributed by atoms with E-state index in [2.05, 4.69) is 20.2 Å². The minimum Gasteiger partial charge on any atom is -0.277 e. The standard InChI is InChI=1S/C14H10Cl2N4S/c1-21-14-17-5-4-12(19-14)10-7-18-20-13(10)9-3-2-8(15)6-11(9)16/h2-7H,1H3,(H,18,20). The van der Waals surface area contributed by atoms with Crippen LogP contribution in [-0.4, -0.2) is 26.4 Å². The summed E-state index contributed by atoms with van der Waals surface area (Å²) >= 11 is 13.7. The van der Waals surface area contributed by atoms with E-state index in [1.165, 1.54) is 11.8 Å². The smallest absolute Gasteiger partial charge is 0.187 e. The zero-order valence-corrected chi connectivity index (χ0v) is 13.3. The first-order chi connectivity index (χ1) is 10.2. The molecule has 2 heterocycles. The molecule has 0 aliphatic carbocycles. The van der Waals surface area contributed by atoms with Crippen LogP contribution in [0.3, 0.4) is 0 Å². The molecule has 1 aromatic carbocycles. The Morgan fingerprint density at radius 1 is 1.14 bits per heavy atom. The van der Waals surface area contributed by atoms with Gasteiger partial charge in [-0.15, -0.1) is 0 Å². The van der Waals surface area contributed by atoms with Crippen LogP contribution in [0.5, 0.6) is 0 Å². The van der Waals surface area contributed by atoms with Crippen molar-refractivity contribution in [2.75, 3.05) is 6.26 Å². The molecule has 0 amide bonds. The molecule has 3 rings (SSSR count). The number of nitrogens with zero attached hydrogens (tertiary/aromatic N) is 3. The summed E-state index contributed by atoms with van der Waals surface area (Å²) in [6, 6.07) is 7.20. The van der Waals surface area contributed by atoms with Crippen LogP contribution in [0.2, 0.25) is 10.0 Å². The molecule has 0 bridgehead atoms. The Morgan fingerprint density at radius 2 is 2.00 bits per heavy atom. The Balaban J connectivity index is 2.12. The van der Waals surface area contributed by atoms with Gasteiger partial charge in [-0.25, -0.2) is 9.97 Å². The highest BCUT2D eigenvalue weighted by Crippen LogP contribution is 2.35. The number of benzene rings is 1. The third-order valence-corrected chi connectivity index (χ3v) is 4.04. The molecule has 0 atom stereocenters. The first-order valence-corrected chi connectivity index (χ1v) is 8.03. The molecule has 0 radical (unpaired) electrons. The molecule has 2 aromatic heterocycles. The Labute approximate surface area is 135 Å². The van der Waals surface area contributed by atoms with Gasteiger partial charge in [-0.1, -0.05) is 35.0 Å². The van der Waals surface area contributed by atoms with E-state index in [1.807, 2.05) is 18.4 Å². The van der Waals surface area contributed by atoms with Crippen LogP contribution in [0.1, 0.15) is 0 Å². The monoisotopic (exact) mass is 336 g/mol. The Morgan fingerprint density at radius 3 is 2.76 bits per heavy atom.